The van der Waals surface area contributed by atoms with E-state index in [4.69, 9.17) is 14.7 Å². The number of carboxylic acid groups (broad SMARTS) is 1. The highest BCUT2D eigenvalue weighted by atomic mass is 16.6. The molecule has 1 atom stereocenters. The first-order chi connectivity index (χ1) is 19.1. The zero-order valence-corrected chi connectivity index (χ0v) is 20.5. The van der Waals surface area contributed by atoms with Gasteiger partial charge in [0.25, 0.3) is 0 Å². The molecule has 2 aromatic carbocycles. The first-order valence-corrected chi connectivity index (χ1v) is 12.2. The van der Waals surface area contributed by atoms with Crippen molar-refractivity contribution >= 4 is 33.9 Å². The van der Waals surface area contributed by atoms with Gasteiger partial charge >= 0.3 is 11.9 Å². The third-order valence-corrected chi connectivity index (χ3v) is 6.32. The Hall–Kier alpha value is -5.44. The van der Waals surface area contributed by atoms with Crippen molar-refractivity contribution in [3.8, 4) is 22.8 Å². The van der Waals surface area contributed by atoms with Gasteiger partial charge in [-0.15, -0.1) is 0 Å². The van der Waals surface area contributed by atoms with E-state index in [1.807, 2.05) is 60.7 Å². The molecule has 0 saturated heterocycles. The number of ether oxygens (including phenoxy) is 1. The molecule has 0 amide bonds. The maximum absolute atomic E-state index is 13.1. The van der Waals surface area contributed by atoms with Crippen LogP contribution in [0.3, 0.4) is 0 Å². The minimum absolute atomic E-state index is 0.0235. The summed E-state index contributed by atoms with van der Waals surface area (Å²) in [7, 11) is 0. The van der Waals surface area contributed by atoms with Crippen LogP contribution in [0, 0.1) is 0 Å². The second-order valence-electron chi connectivity index (χ2n) is 8.85. The van der Waals surface area contributed by atoms with Crippen LogP contribution in [0.1, 0.15) is 15.9 Å². The molecule has 0 radical (unpaired) electrons. The Morgan fingerprint density at radius 1 is 0.821 bits per heavy atom. The summed E-state index contributed by atoms with van der Waals surface area (Å²) >= 11 is 0. The predicted molar refractivity (Wildman–Crippen MR) is 145 cm³/mol. The maximum Gasteiger partial charge on any atom is 0.345 e. The molecule has 4 heterocycles. The SMILES string of the molecule is O=C(O[C@@H](Cc1c[nH]c2ccccc12)C(=O)O)c1ccc2nc(-c3ccccn3)c(-c3ccccn3)nc2c1. The molecular formula is C30H21N5O4. The zero-order valence-electron chi connectivity index (χ0n) is 20.5. The summed E-state index contributed by atoms with van der Waals surface area (Å²) in [6, 6.07) is 23.3. The van der Waals surface area contributed by atoms with Gasteiger partial charge < -0.3 is 14.8 Å². The number of nitrogens with zero attached hydrogens (tertiary/aromatic N) is 4. The summed E-state index contributed by atoms with van der Waals surface area (Å²) in [6.45, 7) is 0. The van der Waals surface area contributed by atoms with Gasteiger partial charge in [0.1, 0.15) is 11.4 Å². The van der Waals surface area contributed by atoms with Crippen molar-refractivity contribution in [2.45, 2.75) is 12.5 Å². The van der Waals surface area contributed by atoms with Gasteiger partial charge in [0.05, 0.1) is 28.0 Å². The molecule has 6 aromatic rings. The number of fused-ring (bicyclic) bond motifs is 2. The molecule has 190 valence electrons. The molecule has 6 rings (SSSR count). The van der Waals surface area contributed by atoms with Crippen molar-refractivity contribution in [3.05, 3.63) is 109 Å². The summed E-state index contributed by atoms with van der Waals surface area (Å²) < 4.78 is 5.45. The monoisotopic (exact) mass is 515 g/mol. The van der Waals surface area contributed by atoms with Crippen LogP contribution in [0.4, 0.5) is 0 Å². The maximum atomic E-state index is 13.1. The number of carboxylic acids is 1. The van der Waals surface area contributed by atoms with Crippen LogP contribution >= 0.6 is 0 Å². The lowest BCUT2D eigenvalue weighted by molar-refractivity contribution is -0.147. The number of pyridine rings is 2. The van der Waals surface area contributed by atoms with Crippen molar-refractivity contribution in [2.24, 2.45) is 0 Å². The summed E-state index contributed by atoms with van der Waals surface area (Å²) in [5.74, 6) is -1.99. The quantitative estimate of drug-likeness (QED) is 0.281. The molecule has 0 aliphatic rings. The largest absolute Gasteiger partial charge is 0.478 e. The molecule has 9 nitrogen and oxygen atoms in total. The summed E-state index contributed by atoms with van der Waals surface area (Å²) in [5, 5.41) is 10.7. The number of benzene rings is 2. The van der Waals surface area contributed by atoms with E-state index in [-0.39, 0.29) is 12.0 Å². The van der Waals surface area contributed by atoms with Gasteiger partial charge in [-0.25, -0.2) is 19.6 Å². The Labute approximate surface area is 222 Å². The van der Waals surface area contributed by atoms with Gasteiger partial charge in [0.2, 0.25) is 6.10 Å². The van der Waals surface area contributed by atoms with Crippen LogP contribution in [0.15, 0.2) is 97.5 Å². The lowest BCUT2D eigenvalue weighted by atomic mass is 10.1. The second kappa shape index (κ2) is 10.1. The normalized spacial score (nSPS) is 11.9. The van der Waals surface area contributed by atoms with Crippen LogP contribution < -0.4 is 0 Å². The molecule has 0 spiro atoms. The van der Waals surface area contributed by atoms with E-state index in [1.165, 1.54) is 0 Å². The molecule has 9 heteroatoms. The van der Waals surface area contributed by atoms with Crippen LogP contribution in [0.5, 0.6) is 0 Å². The summed E-state index contributed by atoms with van der Waals surface area (Å²) in [4.78, 5) is 46.6. The summed E-state index contributed by atoms with van der Waals surface area (Å²) in [6.07, 6.45) is 3.73. The summed E-state index contributed by atoms with van der Waals surface area (Å²) in [5.41, 5.74) is 5.08. The predicted octanol–water partition coefficient (Wildman–Crippen LogP) is 5.09. The van der Waals surface area contributed by atoms with Gasteiger partial charge in [-0.05, 0) is 54.1 Å². The van der Waals surface area contributed by atoms with Crippen molar-refractivity contribution in [3.63, 3.8) is 0 Å². The number of carbonyl (C=O) groups is 2. The van der Waals surface area contributed by atoms with Crippen molar-refractivity contribution in [2.75, 3.05) is 0 Å². The highest BCUT2D eigenvalue weighted by Crippen LogP contribution is 2.29. The van der Waals surface area contributed by atoms with Crippen LogP contribution in [0.25, 0.3) is 44.7 Å². The number of aromatic amines is 1. The van der Waals surface area contributed by atoms with Crippen LogP contribution in [-0.2, 0) is 16.0 Å². The van der Waals surface area contributed by atoms with Gasteiger partial charge in [-0.1, -0.05) is 30.3 Å². The molecule has 0 saturated carbocycles. The van der Waals surface area contributed by atoms with Crippen molar-refractivity contribution in [1.29, 1.82) is 0 Å². The van der Waals surface area contributed by atoms with E-state index in [2.05, 4.69) is 15.0 Å². The van der Waals surface area contributed by atoms with E-state index < -0.39 is 18.0 Å². The average Bonchev–Trinajstić information content (AvgIpc) is 3.39. The Kier molecular flexibility index (Phi) is 6.22. The Morgan fingerprint density at radius 2 is 1.49 bits per heavy atom. The molecule has 0 bridgehead atoms. The van der Waals surface area contributed by atoms with Gasteiger partial charge in [0.15, 0.2) is 0 Å². The van der Waals surface area contributed by atoms with Gasteiger partial charge in [-0.3, -0.25) is 9.97 Å². The third-order valence-electron chi connectivity index (χ3n) is 6.32. The molecular weight excluding hydrogens is 494 g/mol. The van der Waals surface area contributed by atoms with E-state index >= 15 is 0 Å². The molecule has 0 unspecified atom stereocenters. The number of carbonyl (C=O) groups excluding carboxylic acids is 1. The number of esters is 1. The zero-order chi connectivity index (χ0) is 26.8. The fourth-order valence-corrected chi connectivity index (χ4v) is 4.42. The Morgan fingerprint density at radius 3 is 2.15 bits per heavy atom. The number of hydrogen-bond donors (Lipinski definition) is 2. The van der Waals surface area contributed by atoms with Gasteiger partial charge in [0, 0.05) is 35.9 Å². The molecule has 39 heavy (non-hydrogen) atoms. The minimum Gasteiger partial charge on any atom is -0.478 e. The fraction of sp³-hybridized carbons (Fsp3) is 0.0667. The minimum atomic E-state index is -1.37. The van der Waals surface area contributed by atoms with Crippen molar-refractivity contribution < 1.29 is 19.4 Å². The van der Waals surface area contributed by atoms with E-state index in [0.29, 0.717) is 33.8 Å². The first kappa shape index (κ1) is 23.9. The van der Waals surface area contributed by atoms with Crippen LogP contribution in [-0.4, -0.2) is 48.1 Å². The number of aliphatic carboxylic acids is 1. The lowest BCUT2D eigenvalue weighted by Crippen LogP contribution is -2.29. The molecule has 0 aliphatic carbocycles. The number of nitrogens with one attached hydrogen (secondary N) is 1. The van der Waals surface area contributed by atoms with E-state index in [1.54, 1.807) is 36.8 Å². The highest BCUT2D eigenvalue weighted by molar-refractivity contribution is 5.96. The molecule has 0 aliphatic heterocycles. The van der Waals surface area contributed by atoms with Crippen LogP contribution in [0.2, 0.25) is 0 Å². The average molecular weight is 516 g/mol. The Bertz CT molecular complexity index is 1820. The molecule has 4 aromatic heterocycles. The highest BCUT2D eigenvalue weighted by Gasteiger charge is 2.25. The number of hydrogen-bond acceptors (Lipinski definition) is 7. The fourth-order valence-electron chi connectivity index (χ4n) is 4.42. The van der Waals surface area contributed by atoms with Crippen molar-refractivity contribution in [1.82, 2.24) is 24.9 Å². The second-order valence-corrected chi connectivity index (χ2v) is 8.85. The lowest BCUT2D eigenvalue weighted by Gasteiger charge is -2.14. The standard InChI is InChI=1S/C30H21N5O4/c36-29(37)26(16-19-17-33-21-8-2-1-7-20(19)21)39-30(38)18-11-12-22-25(15-18)35-28(24-10-4-6-14-32-24)27(34-22)23-9-3-5-13-31-23/h1-15,17,26,33H,16H2,(H,36,37)/t26-/m0/s1. The smallest absolute Gasteiger partial charge is 0.345 e. The van der Waals surface area contributed by atoms with Gasteiger partial charge in [-0.2, -0.15) is 0 Å². The van der Waals surface area contributed by atoms with E-state index in [0.717, 1.165) is 16.5 Å². The Balaban J connectivity index is 1.33. The molecule has 2 N–H and O–H groups in total. The number of aromatic nitrogens is 5. The molecule has 0 fully saturated rings. The first-order valence-electron chi connectivity index (χ1n) is 12.2. The number of H-pyrrole nitrogens is 1. The number of rotatable bonds is 7. The van der Waals surface area contributed by atoms with E-state index in [9.17, 15) is 14.7 Å². The third kappa shape index (κ3) is 4.80. The topological polar surface area (TPSA) is 131 Å². The number of para-hydroxylation sites is 1.